The monoisotopic (exact) mass is 385 g/mol. The molecule has 0 amide bonds. The number of hydrogen-bond acceptors (Lipinski definition) is 1. The zero-order chi connectivity index (χ0) is 19.8. The van der Waals surface area contributed by atoms with Crippen molar-refractivity contribution in [3.63, 3.8) is 0 Å². The molecule has 0 fully saturated rings. The van der Waals surface area contributed by atoms with Crippen molar-refractivity contribution < 1.29 is 0 Å². The first-order valence-electron chi connectivity index (χ1n) is 10.0. The van der Waals surface area contributed by atoms with Gasteiger partial charge in [-0.25, -0.2) is 0 Å². The zero-order valence-corrected chi connectivity index (χ0v) is 18.3. The van der Waals surface area contributed by atoms with Crippen molar-refractivity contribution in [3.8, 4) is 0 Å². The smallest absolute Gasteiger partial charge is 0.0479 e. The zero-order valence-electron chi connectivity index (χ0n) is 17.5. The van der Waals surface area contributed by atoms with E-state index in [4.69, 9.17) is 0 Å². The molecule has 0 spiro atoms. The fourth-order valence-electron chi connectivity index (χ4n) is 4.15. The lowest BCUT2D eigenvalue weighted by Gasteiger charge is -2.19. The van der Waals surface area contributed by atoms with E-state index in [1.54, 1.807) is 0 Å². The maximum atomic E-state index is 3.64. The number of fused-ring (bicyclic) bond motifs is 7. The lowest BCUT2D eigenvalue weighted by atomic mass is 9.86. The number of hydrogen-bond donors (Lipinski definition) is 1. The van der Waals surface area contributed by atoms with Gasteiger partial charge in [-0.05, 0) is 52.3 Å². The molecule has 0 unspecified atom stereocenters. The lowest BCUT2D eigenvalue weighted by molar-refractivity contribution is 0.591. The minimum atomic E-state index is 0.146. The molecule has 0 radical (unpaired) electrons. The van der Waals surface area contributed by atoms with Crippen LogP contribution in [0.4, 0.5) is 0 Å². The maximum Gasteiger partial charge on any atom is 0.0479 e. The van der Waals surface area contributed by atoms with Gasteiger partial charge in [0.15, 0.2) is 0 Å². The Morgan fingerprint density at radius 1 is 0.643 bits per heavy atom. The number of thiophene rings is 1. The van der Waals surface area contributed by atoms with Crippen LogP contribution < -0.4 is 0 Å². The van der Waals surface area contributed by atoms with Crippen LogP contribution in [-0.2, 0) is 10.8 Å². The summed E-state index contributed by atoms with van der Waals surface area (Å²) >= 11 is 1.92. The summed E-state index contributed by atoms with van der Waals surface area (Å²) in [5.41, 5.74) is 5.55. The number of nitrogens with one attached hydrogen (secondary N) is 1. The minimum absolute atomic E-state index is 0.146. The van der Waals surface area contributed by atoms with Gasteiger partial charge in [-0.2, -0.15) is 0 Å². The van der Waals surface area contributed by atoms with Crippen molar-refractivity contribution in [1.82, 2.24) is 4.98 Å². The summed E-state index contributed by atoms with van der Waals surface area (Å²) in [6.07, 6.45) is 0. The van der Waals surface area contributed by atoms with E-state index in [9.17, 15) is 0 Å². The Hall–Kier alpha value is -2.32. The molecule has 0 aliphatic rings. The van der Waals surface area contributed by atoms with Gasteiger partial charge in [0.2, 0.25) is 0 Å². The van der Waals surface area contributed by atoms with Crippen molar-refractivity contribution in [2.45, 2.75) is 52.4 Å². The molecule has 1 nitrogen and oxygen atoms in total. The molecule has 3 aromatic carbocycles. The third-order valence-electron chi connectivity index (χ3n) is 5.93. The second-order valence-electron chi connectivity index (χ2n) is 10.1. The van der Waals surface area contributed by atoms with E-state index in [0.29, 0.717) is 0 Å². The molecular weight excluding hydrogens is 358 g/mol. The molecule has 0 saturated carbocycles. The maximum absolute atomic E-state index is 3.64. The van der Waals surface area contributed by atoms with Crippen LogP contribution in [0.15, 0.2) is 48.5 Å². The summed E-state index contributed by atoms with van der Waals surface area (Å²) in [5.74, 6) is 0. The van der Waals surface area contributed by atoms with Crippen LogP contribution in [0.1, 0.15) is 52.7 Å². The fraction of sp³-hybridized carbons (Fsp3) is 0.308. The molecule has 5 aromatic rings. The van der Waals surface area contributed by atoms with E-state index in [1.807, 2.05) is 11.3 Å². The SMILES string of the molecule is CC(C)(C)c1ccc2sc3c(ccc4[nH]c5ccc(C(C)(C)C)cc5c43)c2c1. The average Bonchev–Trinajstić information content (AvgIpc) is 3.16. The Kier molecular flexibility index (Phi) is 3.56. The molecule has 2 heteroatoms. The number of aromatic amines is 1. The van der Waals surface area contributed by atoms with E-state index in [2.05, 4.69) is 95.1 Å². The van der Waals surface area contributed by atoms with Crippen molar-refractivity contribution in [2.24, 2.45) is 0 Å². The number of H-pyrrole nitrogens is 1. The summed E-state index contributed by atoms with van der Waals surface area (Å²) in [4.78, 5) is 3.64. The highest BCUT2D eigenvalue weighted by Gasteiger charge is 2.19. The molecule has 0 aliphatic carbocycles. The highest BCUT2D eigenvalue weighted by molar-refractivity contribution is 7.26. The summed E-state index contributed by atoms with van der Waals surface area (Å²) in [6.45, 7) is 13.7. The van der Waals surface area contributed by atoms with Crippen LogP contribution in [-0.4, -0.2) is 4.98 Å². The van der Waals surface area contributed by atoms with Crippen LogP contribution in [0, 0.1) is 0 Å². The Labute approximate surface area is 170 Å². The van der Waals surface area contributed by atoms with Gasteiger partial charge in [0, 0.05) is 42.0 Å². The first-order chi connectivity index (χ1) is 13.1. The van der Waals surface area contributed by atoms with Crippen molar-refractivity contribution in [2.75, 3.05) is 0 Å². The molecule has 28 heavy (non-hydrogen) atoms. The second kappa shape index (κ2) is 5.61. The van der Waals surface area contributed by atoms with Gasteiger partial charge < -0.3 is 4.98 Å². The molecule has 0 bridgehead atoms. The van der Waals surface area contributed by atoms with E-state index in [1.165, 1.54) is 53.1 Å². The van der Waals surface area contributed by atoms with Crippen LogP contribution in [0.2, 0.25) is 0 Å². The average molecular weight is 386 g/mol. The van der Waals surface area contributed by atoms with E-state index < -0.39 is 0 Å². The lowest BCUT2D eigenvalue weighted by Crippen LogP contribution is -2.10. The molecule has 2 heterocycles. The summed E-state index contributed by atoms with van der Waals surface area (Å²) in [6, 6.07) is 18.4. The predicted molar refractivity (Wildman–Crippen MR) is 126 cm³/mol. The number of benzene rings is 3. The molecule has 5 rings (SSSR count). The molecule has 142 valence electrons. The van der Waals surface area contributed by atoms with Gasteiger partial charge in [-0.15, -0.1) is 11.3 Å². The Morgan fingerprint density at radius 3 is 1.93 bits per heavy atom. The van der Waals surface area contributed by atoms with E-state index >= 15 is 0 Å². The molecule has 2 aromatic heterocycles. The first kappa shape index (κ1) is 17.8. The molecule has 0 saturated heterocycles. The number of rotatable bonds is 0. The molecular formula is C26H27NS. The highest BCUT2D eigenvalue weighted by atomic mass is 32.1. The fourth-order valence-corrected chi connectivity index (χ4v) is 5.39. The summed E-state index contributed by atoms with van der Waals surface area (Å²) in [5, 5.41) is 5.48. The van der Waals surface area contributed by atoms with Crippen LogP contribution in [0.25, 0.3) is 42.0 Å². The van der Waals surface area contributed by atoms with Gasteiger partial charge >= 0.3 is 0 Å². The minimum Gasteiger partial charge on any atom is -0.354 e. The van der Waals surface area contributed by atoms with Gasteiger partial charge in [-0.3, -0.25) is 0 Å². The topological polar surface area (TPSA) is 15.8 Å². The largest absolute Gasteiger partial charge is 0.354 e. The molecule has 0 atom stereocenters. The Balaban J connectivity index is 1.90. The third kappa shape index (κ3) is 2.58. The normalized spacial score (nSPS) is 13.4. The van der Waals surface area contributed by atoms with Gasteiger partial charge in [0.25, 0.3) is 0 Å². The molecule has 1 N–H and O–H groups in total. The Bertz CT molecular complexity index is 1370. The van der Waals surface area contributed by atoms with E-state index in [0.717, 1.165) is 0 Å². The third-order valence-corrected chi connectivity index (χ3v) is 7.13. The van der Waals surface area contributed by atoms with Gasteiger partial charge in [0.1, 0.15) is 0 Å². The van der Waals surface area contributed by atoms with Crippen molar-refractivity contribution in [1.29, 1.82) is 0 Å². The second-order valence-corrected chi connectivity index (χ2v) is 11.1. The Morgan fingerprint density at radius 2 is 1.25 bits per heavy atom. The predicted octanol–water partition coefficient (Wildman–Crippen LogP) is 8.28. The standard InChI is InChI=1S/C26H27NS/c1-25(2,3)15-7-10-20-19(14-15)23-21(27-20)11-9-17-18-13-16(26(4,5)6)8-12-22(18)28-24(17)23/h7-14,27H,1-6H3. The molecule has 0 aliphatic heterocycles. The van der Waals surface area contributed by atoms with Crippen LogP contribution in [0.3, 0.4) is 0 Å². The highest BCUT2D eigenvalue weighted by Crippen LogP contribution is 2.43. The van der Waals surface area contributed by atoms with Gasteiger partial charge in [-0.1, -0.05) is 59.7 Å². The van der Waals surface area contributed by atoms with Crippen molar-refractivity contribution >= 4 is 53.3 Å². The summed E-state index contributed by atoms with van der Waals surface area (Å²) < 4.78 is 2.77. The number of aromatic nitrogens is 1. The van der Waals surface area contributed by atoms with Crippen molar-refractivity contribution in [3.05, 3.63) is 59.7 Å². The van der Waals surface area contributed by atoms with Gasteiger partial charge in [0.05, 0.1) is 0 Å². The quantitative estimate of drug-likeness (QED) is 0.276. The van der Waals surface area contributed by atoms with Crippen LogP contribution in [0.5, 0.6) is 0 Å². The summed E-state index contributed by atoms with van der Waals surface area (Å²) in [7, 11) is 0. The first-order valence-corrected chi connectivity index (χ1v) is 10.9. The van der Waals surface area contributed by atoms with Crippen LogP contribution >= 0.6 is 11.3 Å². The van der Waals surface area contributed by atoms with E-state index in [-0.39, 0.29) is 10.8 Å².